The molecule has 0 atom stereocenters. The first-order valence-corrected chi connectivity index (χ1v) is 25.1. The summed E-state index contributed by atoms with van der Waals surface area (Å²) in [5, 5.41) is 23.0. The second kappa shape index (κ2) is 14.9. The largest absolute Gasteiger partial charge is 0.456 e. The van der Waals surface area contributed by atoms with Crippen LogP contribution < -0.4 is 0 Å². The summed E-state index contributed by atoms with van der Waals surface area (Å²) in [5.74, 6) is 0. The van der Waals surface area contributed by atoms with Crippen LogP contribution >= 0.6 is 0 Å². The number of hydrogen-bond donors (Lipinski definition) is 0. The Morgan fingerprint density at radius 2 is 0.803 bits per heavy atom. The van der Waals surface area contributed by atoms with Crippen LogP contribution in [0.3, 0.4) is 0 Å². The Hall–Kier alpha value is -10.8. The summed E-state index contributed by atoms with van der Waals surface area (Å²) < 4.78 is 30.6. The van der Waals surface area contributed by atoms with Crippen molar-refractivity contribution in [3.8, 4) is 39.7 Å². The summed E-state index contributed by atoms with van der Waals surface area (Å²) in [6.07, 6.45) is 0. The van der Waals surface area contributed by atoms with Crippen LogP contribution in [-0.4, -0.2) is 9.13 Å². The van der Waals surface area contributed by atoms with Crippen LogP contribution in [0.1, 0.15) is 5.56 Å². The predicted molar refractivity (Wildman–Crippen MR) is 306 cm³/mol. The number of para-hydroxylation sites is 4. The Kier molecular flexibility index (Phi) is 7.99. The minimum atomic E-state index is 0.379. The molecule has 6 aromatic heterocycles. The van der Waals surface area contributed by atoms with Gasteiger partial charge in [-0.3, -0.25) is 0 Å². The van der Waals surface area contributed by atoms with E-state index in [0.717, 1.165) is 154 Å². The lowest BCUT2D eigenvalue weighted by Crippen LogP contribution is -2.01. The van der Waals surface area contributed by atoms with Crippen molar-refractivity contribution >= 4 is 137 Å². The van der Waals surface area contributed by atoms with Crippen LogP contribution in [0, 0.1) is 17.9 Å². The van der Waals surface area contributed by atoms with E-state index in [1.807, 2.05) is 97.1 Å². The van der Waals surface area contributed by atoms with E-state index in [4.69, 9.17) is 17.7 Å². The minimum absolute atomic E-state index is 0.379. The molecule has 0 aliphatic rings. The topological polar surface area (TPSA) is 90.6 Å². The first kappa shape index (κ1) is 40.8. The van der Waals surface area contributed by atoms with E-state index in [1.54, 1.807) is 0 Å². The second-order valence-electron chi connectivity index (χ2n) is 19.7. The fourth-order valence-electron chi connectivity index (χ4n) is 12.5. The van der Waals surface area contributed by atoms with E-state index in [9.17, 15) is 11.8 Å². The number of nitrogens with zero attached hydrogens (tertiary/aromatic N) is 4. The van der Waals surface area contributed by atoms with E-state index in [1.165, 1.54) is 0 Å². The van der Waals surface area contributed by atoms with Gasteiger partial charge in [0.1, 0.15) is 44.7 Å². The van der Waals surface area contributed by atoms with Crippen LogP contribution in [0.2, 0.25) is 0 Å². The molecule has 0 spiro atoms. The third kappa shape index (κ3) is 5.43. The Morgan fingerprint density at radius 1 is 0.355 bits per heavy atom. The van der Waals surface area contributed by atoms with Gasteiger partial charge in [-0.05, 0) is 125 Å². The number of rotatable bonds is 4. The summed E-state index contributed by atoms with van der Waals surface area (Å²) in [7, 11) is 0. The molecule has 0 aliphatic carbocycles. The predicted octanol–water partition coefficient (Wildman–Crippen LogP) is 19.2. The first-order valence-electron chi connectivity index (χ1n) is 25.1. The molecule has 0 radical (unpaired) electrons. The molecule has 8 heteroatoms. The summed E-state index contributed by atoms with van der Waals surface area (Å²) in [4.78, 5) is 4.46. The molecule has 8 nitrogen and oxygen atoms in total. The molecule has 17 aromatic rings. The monoisotopic (exact) mass is 970 g/mol. The highest BCUT2D eigenvalue weighted by Crippen LogP contribution is 2.49. The van der Waals surface area contributed by atoms with Crippen LogP contribution in [0.5, 0.6) is 0 Å². The summed E-state index contributed by atoms with van der Waals surface area (Å²) >= 11 is 0. The van der Waals surface area contributed by atoms with Gasteiger partial charge >= 0.3 is 0 Å². The standard InChI is InChI=1S/C68H34N4O4/c1-70-66-55(71-51-26-21-38(39-22-29-61-48(33-39)44-13-4-6-17-57(44)73-61)34-50(51)64-53(71)27-24-46-42-11-2-8-19-59(42)75-67(46)64)31-37(36-69)32-56(66)72-52-16-10-15-41(40-23-30-62-49(35-40)45-14-5-7-18-58(45)74-62)63(52)65-54(72)28-25-47-43-12-3-9-20-60(43)76-68(47)65/h2-35H. The molecule has 0 aliphatic heterocycles. The van der Waals surface area contributed by atoms with Gasteiger partial charge in [0.15, 0.2) is 0 Å². The van der Waals surface area contributed by atoms with Gasteiger partial charge < -0.3 is 26.8 Å². The van der Waals surface area contributed by atoms with Crippen molar-refractivity contribution in [1.82, 2.24) is 9.13 Å². The van der Waals surface area contributed by atoms with Gasteiger partial charge in [0.05, 0.1) is 62.4 Å². The van der Waals surface area contributed by atoms with Gasteiger partial charge in [-0.25, -0.2) is 4.85 Å². The highest BCUT2D eigenvalue weighted by Gasteiger charge is 2.27. The maximum atomic E-state index is 11.1. The number of fused-ring (bicyclic) bond motifs is 20. The van der Waals surface area contributed by atoms with Crippen molar-refractivity contribution in [2.24, 2.45) is 0 Å². The third-order valence-electron chi connectivity index (χ3n) is 15.8. The zero-order chi connectivity index (χ0) is 49.9. The van der Waals surface area contributed by atoms with Gasteiger partial charge in [0.2, 0.25) is 5.69 Å². The van der Waals surface area contributed by atoms with Crippen molar-refractivity contribution in [1.29, 1.82) is 5.26 Å². The highest BCUT2D eigenvalue weighted by atomic mass is 16.3. The molecule has 17 rings (SSSR count). The Balaban J connectivity index is 0.964. The maximum absolute atomic E-state index is 11.1. The Morgan fingerprint density at radius 3 is 1.39 bits per heavy atom. The molecule has 0 bridgehead atoms. The molecule has 0 N–H and O–H groups in total. The molecule has 76 heavy (non-hydrogen) atoms. The van der Waals surface area contributed by atoms with Gasteiger partial charge in [0.25, 0.3) is 0 Å². The average molecular weight is 971 g/mol. The van der Waals surface area contributed by atoms with Crippen LogP contribution in [0.4, 0.5) is 5.69 Å². The lowest BCUT2D eigenvalue weighted by molar-refractivity contribution is 0.668. The smallest absolute Gasteiger partial charge is 0.234 e. The maximum Gasteiger partial charge on any atom is 0.234 e. The number of furan rings is 4. The molecule has 0 amide bonds. The summed E-state index contributed by atoms with van der Waals surface area (Å²) in [5.41, 5.74) is 15.8. The lowest BCUT2D eigenvalue weighted by atomic mass is 9.97. The van der Waals surface area contributed by atoms with Crippen molar-refractivity contribution in [2.75, 3.05) is 0 Å². The molecule has 0 unspecified atom stereocenters. The fourth-order valence-corrected chi connectivity index (χ4v) is 12.5. The van der Waals surface area contributed by atoms with Crippen molar-refractivity contribution in [3.05, 3.63) is 223 Å². The van der Waals surface area contributed by atoms with E-state index in [2.05, 4.69) is 129 Å². The summed E-state index contributed by atoms with van der Waals surface area (Å²) in [6.45, 7) is 9.22. The minimum Gasteiger partial charge on any atom is -0.456 e. The molecular formula is C68H34N4O4. The van der Waals surface area contributed by atoms with Gasteiger partial charge in [0, 0.05) is 53.9 Å². The molecule has 6 heterocycles. The fraction of sp³-hybridized carbons (Fsp3) is 0. The van der Waals surface area contributed by atoms with Crippen molar-refractivity contribution in [3.63, 3.8) is 0 Å². The average Bonchev–Trinajstić information content (AvgIpc) is 4.46. The Bertz CT molecular complexity index is 5520. The quantitative estimate of drug-likeness (QED) is 0.164. The number of benzene rings is 11. The van der Waals surface area contributed by atoms with Gasteiger partial charge in [-0.1, -0.05) is 103 Å². The second-order valence-corrected chi connectivity index (χ2v) is 19.7. The van der Waals surface area contributed by atoms with E-state index in [-0.39, 0.29) is 0 Å². The molecule has 0 saturated carbocycles. The van der Waals surface area contributed by atoms with Gasteiger partial charge in [-0.2, -0.15) is 5.26 Å². The van der Waals surface area contributed by atoms with E-state index >= 15 is 0 Å². The number of aromatic nitrogens is 2. The van der Waals surface area contributed by atoms with E-state index < -0.39 is 0 Å². The van der Waals surface area contributed by atoms with Crippen LogP contribution in [-0.2, 0) is 0 Å². The lowest BCUT2D eigenvalue weighted by Gasteiger charge is -2.17. The zero-order valence-electron chi connectivity index (χ0n) is 40.1. The van der Waals surface area contributed by atoms with Gasteiger partial charge in [-0.15, -0.1) is 0 Å². The van der Waals surface area contributed by atoms with Crippen LogP contribution in [0.15, 0.2) is 224 Å². The third-order valence-corrected chi connectivity index (χ3v) is 15.8. The Labute approximate surface area is 430 Å². The number of nitriles is 1. The molecule has 350 valence electrons. The van der Waals surface area contributed by atoms with Crippen molar-refractivity contribution in [2.45, 2.75) is 0 Å². The van der Waals surface area contributed by atoms with E-state index in [0.29, 0.717) is 22.6 Å². The van der Waals surface area contributed by atoms with Crippen molar-refractivity contribution < 1.29 is 17.7 Å². The number of hydrogen-bond acceptors (Lipinski definition) is 5. The normalized spacial score (nSPS) is 12.2. The zero-order valence-corrected chi connectivity index (χ0v) is 40.1. The highest BCUT2D eigenvalue weighted by molar-refractivity contribution is 6.28. The molecule has 11 aromatic carbocycles. The molecular weight excluding hydrogens is 937 g/mol. The molecule has 0 saturated heterocycles. The summed E-state index contributed by atoms with van der Waals surface area (Å²) in [6, 6.07) is 72.8. The molecule has 0 fully saturated rings. The van der Waals surface area contributed by atoms with Crippen LogP contribution in [0.25, 0.3) is 170 Å². The SMILES string of the molecule is [C-]#[N+]c1c(-n2c3ccc(-c4ccc5oc6ccccc6c5c4)cc3c3c4oc5ccccc5c4ccc32)cc(C#N)cc1-n1c2cccc(-c3ccc4oc5ccccc5c4c3)c2c2c3oc4ccccc4c3ccc21. The first-order chi connectivity index (χ1) is 37.6.